The van der Waals surface area contributed by atoms with Crippen LogP contribution in [-0.2, 0) is 13.1 Å². The first-order valence-electron chi connectivity index (χ1n) is 7.73. The second-order valence-corrected chi connectivity index (χ2v) is 6.61. The van der Waals surface area contributed by atoms with E-state index in [9.17, 15) is 4.79 Å². The summed E-state index contributed by atoms with van der Waals surface area (Å²) < 4.78 is 1.93. The van der Waals surface area contributed by atoms with Crippen LogP contribution in [0, 0.1) is 25.7 Å². The number of nitrogens with one attached hydrogen (secondary N) is 1. The SMILES string of the molecule is Cc1cc(C)n(CCC(C)C)c(=O)c1CNCC(C)C. The van der Waals surface area contributed by atoms with E-state index in [1.54, 1.807) is 0 Å². The summed E-state index contributed by atoms with van der Waals surface area (Å²) in [6, 6.07) is 2.13. The number of aromatic nitrogens is 1. The highest BCUT2D eigenvalue weighted by atomic mass is 16.1. The Hall–Kier alpha value is -1.09. The van der Waals surface area contributed by atoms with Crippen LogP contribution in [0.5, 0.6) is 0 Å². The van der Waals surface area contributed by atoms with Gasteiger partial charge in [-0.2, -0.15) is 0 Å². The predicted octanol–water partition coefficient (Wildman–Crippen LogP) is 3.26. The van der Waals surface area contributed by atoms with Crippen molar-refractivity contribution in [1.82, 2.24) is 9.88 Å². The number of nitrogens with zero attached hydrogens (tertiary/aromatic N) is 1. The van der Waals surface area contributed by atoms with Crippen LogP contribution in [0.1, 0.15) is 50.9 Å². The summed E-state index contributed by atoms with van der Waals surface area (Å²) in [6.07, 6.45) is 1.04. The zero-order valence-corrected chi connectivity index (χ0v) is 13.9. The molecule has 0 saturated carbocycles. The van der Waals surface area contributed by atoms with Crippen molar-refractivity contribution in [3.63, 3.8) is 0 Å². The lowest BCUT2D eigenvalue weighted by Gasteiger charge is -2.16. The van der Waals surface area contributed by atoms with Gasteiger partial charge in [0.25, 0.3) is 5.56 Å². The van der Waals surface area contributed by atoms with Gasteiger partial charge in [-0.15, -0.1) is 0 Å². The molecular formula is C17H30N2O. The van der Waals surface area contributed by atoms with Crippen molar-refractivity contribution in [2.24, 2.45) is 11.8 Å². The van der Waals surface area contributed by atoms with E-state index in [0.717, 1.165) is 36.3 Å². The van der Waals surface area contributed by atoms with Gasteiger partial charge < -0.3 is 9.88 Å². The summed E-state index contributed by atoms with van der Waals surface area (Å²) in [5.74, 6) is 1.22. The fourth-order valence-electron chi connectivity index (χ4n) is 2.34. The van der Waals surface area contributed by atoms with Gasteiger partial charge in [0.1, 0.15) is 0 Å². The molecule has 0 aliphatic heterocycles. The van der Waals surface area contributed by atoms with Gasteiger partial charge in [0.05, 0.1) is 0 Å². The lowest BCUT2D eigenvalue weighted by molar-refractivity contribution is 0.495. The molecule has 1 aromatic heterocycles. The fraction of sp³-hybridized carbons (Fsp3) is 0.706. The predicted molar refractivity (Wildman–Crippen MR) is 86.2 cm³/mol. The quantitative estimate of drug-likeness (QED) is 0.830. The Kier molecular flexibility index (Phi) is 6.47. The maximum absolute atomic E-state index is 12.6. The first kappa shape index (κ1) is 17.0. The molecule has 0 aliphatic carbocycles. The highest BCUT2D eigenvalue weighted by molar-refractivity contribution is 5.26. The first-order valence-corrected chi connectivity index (χ1v) is 7.73. The number of aryl methyl sites for hydroxylation is 2. The minimum absolute atomic E-state index is 0.180. The average molecular weight is 278 g/mol. The van der Waals surface area contributed by atoms with Crippen LogP contribution in [0.2, 0.25) is 0 Å². The van der Waals surface area contributed by atoms with Crippen LogP contribution in [0.25, 0.3) is 0 Å². The first-order chi connectivity index (χ1) is 9.32. The molecule has 0 aromatic carbocycles. The Labute approximate surface area is 123 Å². The molecule has 3 heteroatoms. The molecule has 0 aliphatic rings. The molecule has 1 rings (SSSR count). The molecule has 0 saturated heterocycles. The van der Waals surface area contributed by atoms with Gasteiger partial charge in [-0.05, 0) is 50.3 Å². The van der Waals surface area contributed by atoms with Crippen molar-refractivity contribution in [1.29, 1.82) is 0 Å². The molecular weight excluding hydrogens is 248 g/mol. The minimum atomic E-state index is 0.180. The van der Waals surface area contributed by atoms with E-state index < -0.39 is 0 Å². The van der Waals surface area contributed by atoms with Gasteiger partial charge in [-0.25, -0.2) is 0 Å². The summed E-state index contributed by atoms with van der Waals surface area (Å²) in [5.41, 5.74) is 3.27. The molecule has 0 radical (unpaired) electrons. The lowest BCUT2D eigenvalue weighted by Crippen LogP contribution is -2.31. The molecule has 0 atom stereocenters. The molecule has 0 unspecified atom stereocenters. The molecule has 0 amide bonds. The molecule has 0 fully saturated rings. The Morgan fingerprint density at radius 2 is 1.80 bits per heavy atom. The van der Waals surface area contributed by atoms with Gasteiger partial charge in [0, 0.05) is 24.3 Å². The third-order valence-electron chi connectivity index (χ3n) is 3.61. The second kappa shape index (κ2) is 7.63. The number of pyridine rings is 1. The Balaban J connectivity index is 2.94. The Morgan fingerprint density at radius 1 is 1.15 bits per heavy atom. The van der Waals surface area contributed by atoms with E-state index >= 15 is 0 Å². The third-order valence-corrected chi connectivity index (χ3v) is 3.61. The average Bonchev–Trinajstić information content (AvgIpc) is 2.32. The zero-order chi connectivity index (χ0) is 15.3. The summed E-state index contributed by atoms with van der Waals surface area (Å²) in [7, 11) is 0. The number of hydrogen-bond acceptors (Lipinski definition) is 2. The van der Waals surface area contributed by atoms with E-state index in [4.69, 9.17) is 0 Å². The van der Waals surface area contributed by atoms with Crippen molar-refractivity contribution in [2.45, 2.75) is 61.1 Å². The van der Waals surface area contributed by atoms with Gasteiger partial charge in [-0.3, -0.25) is 4.79 Å². The Morgan fingerprint density at radius 3 is 2.35 bits per heavy atom. The molecule has 3 nitrogen and oxygen atoms in total. The highest BCUT2D eigenvalue weighted by Crippen LogP contribution is 2.09. The topological polar surface area (TPSA) is 34.0 Å². The van der Waals surface area contributed by atoms with E-state index in [-0.39, 0.29) is 5.56 Å². The van der Waals surface area contributed by atoms with Crippen LogP contribution < -0.4 is 10.9 Å². The molecule has 20 heavy (non-hydrogen) atoms. The van der Waals surface area contributed by atoms with E-state index in [2.05, 4.69) is 39.1 Å². The fourth-order valence-corrected chi connectivity index (χ4v) is 2.34. The monoisotopic (exact) mass is 278 g/mol. The van der Waals surface area contributed by atoms with Crippen molar-refractivity contribution >= 4 is 0 Å². The summed E-state index contributed by atoms with van der Waals surface area (Å²) in [5, 5.41) is 3.38. The lowest BCUT2D eigenvalue weighted by atomic mass is 10.1. The highest BCUT2D eigenvalue weighted by Gasteiger charge is 2.10. The number of hydrogen-bond donors (Lipinski definition) is 1. The standard InChI is InChI=1S/C17H30N2O/c1-12(2)7-8-19-15(6)9-14(5)16(17(19)20)11-18-10-13(3)4/h9,12-13,18H,7-8,10-11H2,1-6H3. The van der Waals surface area contributed by atoms with Crippen LogP contribution in [0.15, 0.2) is 10.9 Å². The van der Waals surface area contributed by atoms with E-state index in [0.29, 0.717) is 18.4 Å². The largest absolute Gasteiger partial charge is 0.313 e. The maximum Gasteiger partial charge on any atom is 0.255 e. The second-order valence-electron chi connectivity index (χ2n) is 6.61. The van der Waals surface area contributed by atoms with Crippen molar-refractivity contribution in [3.05, 3.63) is 33.2 Å². The summed E-state index contributed by atoms with van der Waals surface area (Å²) >= 11 is 0. The van der Waals surface area contributed by atoms with E-state index in [1.165, 1.54) is 0 Å². The molecule has 0 spiro atoms. The number of rotatable bonds is 7. The van der Waals surface area contributed by atoms with Crippen molar-refractivity contribution < 1.29 is 0 Å². The molecule has 1 aromatic rings. The summed E-state index contributed by atoms with van der Waals surface area (Å²) in [6.45, 7) is 15.2. The van der Waals surface area contributed by atoms with Gasteiger partial charge in [0.2, 0.25) is 0 Å². The van der Waals surface area contributed by atoms with Gasteiger partial charge >= 0.3 is 0 Å². The maximum atomic E-state index is 12.6. The molecule has 1 N–H and O–H groups in total. The molecule has 0 bridgehead atoms. The van der Waals surface area contributed by atoms with Crippen LogP contribution in [-0.4, -0.2) is 11.1 Å². The molecule has 114 valence electrons. The minimum Gasteiger partial charge on any atom is -0.313 e. The van der Waals surface area contributed by atoms with Gasteiger partial charge in [0.15, 0.2) is 0 Å². The van der Waals surface area contributed by atoms with Crippen molar-refractivity contribution in [3.8, 4) is 0 Å². The van der Waals surface area contributed by atoms with Crippen LogP contribution in [0.4, 0.5) is 0 Å². The summed E-state index contributed by atoms with van der Waals surface area (Å²) in [4.78, 5) is 12.6. The third kappa shape index (κ3) is 4.78. The van der Waals surface area contributed by atoms with Crippen LogP contribution >= 0.6 is 0 Å². The van der Waals surface area contributed by atoms with Crippen molar-refractivity contribution in [2.75, 3.05) is 6.54 Å². The smallest absolute Gasteiger partial charge is 0.255 e. The molecule has 1 heterocycles. The van der Waals surface area contributed by atoms with Gasteiger partial charge in [-0.1, -0.05) is 27.7 Å². The zero-order valence-electron chi connectivity index (χ0n) is 13.9. The normalized spacial score (nSPS) is 11.6. The van der Waals surface area contributed by atoms with Crippen LogP contribution in [0.3, 0.4) is 0 Å². The Bertz CT molecular complexity index is 486. The van der Waals surface area contributed by atoms with E-state index in [1.807, 2.05) is 18.4 Å².